The Hall–Kier alpha value is -5.34. The van der Waals surface area contributed by atoms with Gasteiger partial charge in [0.05, 0.1) is 30.4 Å². The van der Waals surface area contributed by atoms with Crippen molar-refractivity contribution in [2.75, 3.05) is 33.1 Å². The van der Waals surface area contributed by atoms with Gasteiger partial charge >= 0.3 is 16.4 Å². The number of aromatic nitrogens is 2. The fraction of sp³-hybridized carbons (Fsp3) is 0.477. The lowest BCUT2D eigenvalue weighted by Crippen LogP contribution is -2.58. The lowest BCUT2D eigenvalue weighted by Gasteiger charge is -2.30. The van der Waals surface area contributed by atoms with E-state index in [0.29, 0.717) is 70.9 Å². The number of hydrogen-bond acceptors (Lipinski definition) is 11. The van der Waals surface area contributed by atoms with Crippen molar-refractivity contribution in [3.05, 3.63) is 76.6 Å². The molecular formula is C44H51F4N7O7S2. The van der Waals surface area contributed by atoms with Gasteiger partial charge in [-0.05, 0) is 68.9 Å². The Labute approximate surface area is 373 Å². The number of pyridine rings is 1. The predicted molar refractivity (Wildman–Crippen MR) is 234 cm³/mol. The highest BCUT2D eigenvalue weighted by atomic mass is 32.2. The summed E-state index contributed by atoms with van der Waals surface area (Å²) in [4.78, 5) is 54.4. The van der Waals surface area contributed by atoms with Gasteiger partial charge in [0, 0.05) is 54.5 Å². The fourth-order valence-corrected chi connectivity index (χ4v) is 9.69. The number of rotatable bonds is 10. The zero-order valence-corrected chi connectivity index (χ0v) is 37.8. The predicted octanol–water partition coefficient (Wildman–Crippen LogP) is 7.10. The van der Waals surface area contributed by atoms with Crippen LogP contribution < -0.4 is 24.8 Å². The van der Waals surface area contributed by atoms with Crippen LogP contribution in [0.3, 0.4) is 0 Å². The summed E-state index contributed by atoms with van der Waals surface area (Å²) in [7, 11) is -0.207. The van der Waals surface area contributed by atoms with E-state index in [9.17, 15) is 40.4 Å². The topological polar surface area (TPSA) is 172 Å². The molecule has 20 heteroatoms. The third-order valence-corrected chi connectivity index (χ3v) is 14.2. The number of alkyl halides is 3. The minimum Gasteiger partial charge on any atom is -0.496 e. The Balaban J connectivity index is 1.28. The molecule has 3 amide bonds. The molecule has 2 fully saturated rings. The summed E-state index contributed by atoms with van der Waals surface area (Å²) in [5, 5.41) is 8.93. The number of ether oxygens (including phenoxy) is 2. The van der Waals surface area contributed by atoms with Crippen LogP contribution in [0.15, 0.2) is 53.9 Å². The number of benzene rings is 2. The first kappa shape index (κ1) is 46.6. The maximum absolute atomic E-state index is 14.9. The van der Waals surface area contributed by atoms with E-state index in [4.69, 9.17) is 19.4 Å². The van der Waals surface area contributed by atoms with Crippen molar-refractivity contribution in [2.24, 2.45) is 5.92 Å². The van der Waals surface area contributed by atoms with E-state index in [-0.39, 0.29) is 37.4 Å². The van der Waals surface area contributed by atoms with Crippen LogP contribution in [0.4, 0.5) is 23.2 Å². The molecule has 14 nitrogen and oxygen atoms in total. The third kappa shape index (κ3) is 9.68. The lowest BCUT2D eigenvalue weighted by atomic mass is 10.0. The van der Waals surface area contributed by atoms with Crippen molar-refractivity contribution in [1.29, 1.82) is 0 Å². The van der Waals surface area contributed by atoms with Crippen LogP contribution >= 0.6 is 11.3 Å². The third-order valence-electron chi connectivity index (χ3n) is 12.0. The summed E-state index contributed by atoms with van der Waals surface area (Å²) in [6, 6.07) is 5.27. The van der Waals surface area contributed by atoms with E-state index in [1.165, 1.54) is 30.3 Å². The number of nitrogens with zero attached hydrogens (tertiary/aromatic N) is 4. The molecule has 0 unspecified atom stereocenters. The molecule has 1 aliphatic carbocycles. The normalized spacial score (nSPS) is 23.3. The number of amides is 3. The van der Waals surface area contributed by atoms with Gasteiger partial charge in [-0.25, -0.2) is 19.1 Å². The zero-order chi connectivity index (χ0) is 46.3. The van der Waals surface area contributed by atoms with Gasteiger partial charge in [-0.15, -0.1) is 11.3 Å². The number of fused-ring (bicyclic) bond motifs is 3. The smallest absolute Gasteiger partial charge is 0.419 e. The van der Waals surface area contributed by atoms with Gasteiger partial charge in [0.1, 0.15) is 51.7 Å². The van der Waals surface area contributed by atoms with E-state index in [2.05, 4.69) is 15.4 Å². The molecule has 1 saturated heterocycles. The van der Waals surface area contributed by atoms with Gasteiger partial charge in [0.2, 0.25) is 11.8 Å². The monoisotopic (exact) mass is 929 g/mol. The van der Waals surface area contributed by atoms with Gasteiger partial charge < -0.3 is 25.0 Å². The quantitative estimate of drug-likeness (QED) is 0.110. The van der Waals surface area contributed by atoms with E-state index >= 15 is 0 Å². The number of carbonyl (C=O) groups is 3. The molecule has 0 radical (unpaired) electrons. The Morgan fingerprint density at radius 3 is 2.53 bits per heavy atom. The second-order valence-corrected chi connectivity index (χ2v) is 19.7. The molecule has 0 spiro atoms. The Bertz CT molecular complexity index is 2590. The second-order valence-electron chi connectivity index (χ2n) is 17.0. The van der Waals surface area contributed by atoms with E-state index < -0.39 is 75.1 Å². The zero-order valence-electron chi connectivity index (χ0n) is 36.2. The van der Waals surface area contributed by atoms with Crippen molar-refractivity contribution < 1.29 is 49.8 Å². The number of halogens is 4. The molecule has 2 aliphatic heterocycles. The molecule has 0 bridgehead atoms. The Morgan fingerprint density at radius 1 is 1.08 bits per heavy atom. The molecule has 4 aromatic rings. The van der Waals surface area contributed by atoms with Crippen LogP contribution in [0.2, 0.25) is 0 Å². The van der Waals surface area contributed by atoms with Crippen LogP contribution in [0.25, 0.3) is 21.6 Å². The maximum atomic E-state index is 14.9. The summed E-state index contributed by atoms with van der Waals surface area (Å²) in [5.74, 6) is -3.24. The number of aryl methyl sites for hydroxylation is 1. The fourth-order valence-electron chi connectivity index (χ4n) is 8.15. The van der Waals surface area contributed by atoms with Crippen LogP contribution in [0.5, 0.6) is 11.5 Å². The van der Waals surface area contributed by atoms with Crippen LogP contribution in [0.1, 0.15) is 81.5 Å². The van der Waals surface area contributed by atoms with Crippen LogP contribution in [-0.4, -0.2) is 96.8 Å². The highest BCUT2D eigenvalue weighted by Crippen LogP contribution is 2.46. The standard InChI is InChI=1S/C44H51F4N7O7S2/c1-24(2)34-23-63-40(51-34)33-20-37(29-15-17-36(61-6)25(3)38(29)50-33)62-28-19-35-39(56)52-43(42(58)53-64(59,60)54(4)5)21-26(43)12-10-8-7-9-11-13-32(41(57)55(35)22-28)49-27-14-16-31(45)30(18-27)44(46,47)48/h10,12,14-18,20,23-24,26,28,32,35,49H,7-9,11,13,19,21-22H2,1-6H3,(H,52,56)(H,53,58)/t26-,28-,32+,35+,43-/m1/s1. The minimum atomic E-state index is -5.00. The van der Waals surface area contributed by atoms with E-state index in [1.807, 2.05) is 32.2 Å². The molecule has 1 saturated carbocycles. The molecule has 64 heavy (non-hydrogen) atoms. The largest absolute Gasteiger partial charge is 0.496 e. The Kier molecular flexibility index (Phi) is 13.3. The molecular weight excluding hydrogens is 879 g/mol. The van der Waals surface area contributed by atoms with Gasteiger partial charge in [-0.3, -0.25) is 14.4 Å². The minimum absolute atomic E-state index is 0.0870. The van der Waals surface area contributed by atoms with Crippen molar-refractivity contribution in [1.82, 2.24) is 29.2 Å². The molecule has 3 aliphatic rings. The molecule has 2 aromatic carbocycles. The molecule has 5 atom stereocenters. The first-order chi connectivity index (χ1) is 30.2. The highest BCUT2D eigenvalue weighted by Gasteiger charge is 2.62. The summed E-state index contributed by atoms with van der Waals surface area (Å²) in [5.41, 5.74) is -0.609. The van der Waals surface area contributed by atoms with E-state index in [1.54, 1.807) is 31.4 Å². The van der Waals surface area contributed by atoms with Crippen LogP contribution in [0, 0.1) is 18.7 Å². The number of nitrogens with one attached hydrogen (secondary N) is 3. The SMILES string of the molecule is COc1ccc2c(O[C@@H]3C[C@H]4C(=O)N[C@]5(C(=O)NS(=O)(=O)N(C)C)C[C@H]5C=CCCCCC[C@H](Nc5ccc(F)c(C(F)(F)F)c5)C(=O)N4C3)cc(-c3nc(C(C)C)cs3)nc2c1C. The van der Waals surface area contributed by atoms with Crippen molar-refractivity contribution in [2.45, 2.75) is 102 Å². The maximum Gasteiger partial charge on any atom is 0.419 e. The summed E-state index contributed by atoms with van der Waals surface area (Å²) >= 11 is 1.42. The second kappa shape index (κ2) is 18.3. The van der Waals surface area contributed by atoms with Crippen molar-refractivity contribution in [3.8, 4) is 22.2 Å². The first-order valence-electron chi connectivity index (χ1n) is 21.0. The summed E-state index contributed by atoms with van der Waals surface area (Å²) in [6.07, 6.45) is 0.260. The Morgan fingerprint density at radius 2 is 1.84 bits per heavy atom. The van der Waals surface area contributed by atoms with Crippen LogP contribution in [-0.2, 0) is 30.8 Å². The van der Waals surface area contributed by atoms with Gasteiger partial charge in [-0.1, -0.05) is 38.8 Å². The van der Waals surface area contributed by atoms with Crippen molar-refractivity contribution >= 4 is 55.9 Å². The number of carbonyl (C=O) groups excluding carboxylic acids is 3. The van der Waals surface area contributed by atoms with Crippen molar-refractivity contribution in [3.63, 3.8) is 0 Å². The van der Waals surface area contributed by atoms with Gasteiger partial charge in [0.25, 0.3) is 5.91 Å². The van der Waals surface area contributed by atoms with Gasteiger partial charge in [0.15, 0.2) is 0 Å². The summed E-state index contributed by atoms with van der Waals surface area (Å²) in [6.45, 7) is 5.77. The number of methoxy groups -OCH3 is 1. The van der Waals surface area contributed by atoms with E-state index in [0.717, 1.165) is 21.6 Å². The average Bonchev–Trinajstić information content (AvgIpc) is 3.51. The molecule has 344 valence electrons. The number of hydrogen-bond donors (Lipinski definition) is 3. The first-order valence-corrected chi connectivity index (χ1v) is 23.3. The molecule has 7 rings (SSSR count). The van der Waals surface area contributed by atoms with Gasteiger partial charge in [-0.2, -0.15) is 25.9 Å². The lowest BCUT2D eigenvalue weighted by molar-refractivity contribution is -0.140. The number of thiazole rings is 1. The number of allylic oxidation sites excluding steroid dienone is 1. The summed E-state index contributed by atoms with van der Waals surface area (Å²) < 4.78 is 96.7. The molecule has 3 N–H and O–H groups in total. The highest BCUT2D eigenvalue weighted by molar-refractivity contribution is 7.87. The average molecular weight is 930 g/mol. The molecule has 2 aromatic heterocycles. The number of anilines is 1. The molecule has 4 heterocycles.